The minimum atomic E-state index is -0.361. The molecule has 0 fully saturated rings. The van der Waals surface area contributed by atoms with Crippen LogP contribution in [0.15, 0.2) is 52.9 Å². The highest BCUT2D eigenvalue weighted by atomic mass is 32.1. The molecule has 3 aromatic heterocycles. The Hall–Kier alpha value is -3.60. The summed E-state index contributed by atoms with van der Waals surface area (Å²) in [6.45, 7) is 0.222. The number of thiophene rings is 1. The van der Waals surface area contributed by atoms with Crippen molar-refractivity contribution < 1.29 is 9.53 Å². The number of hydrogen-bond acceptors (Lipinski definition) is 8. The Bertz CT molecular complexity index is 1150. The van der Waals surface area contributed by atoms with Gasteiger partial charge in [0.1, 0.15) is 11.3 Å². The fourth-order valence-corrected chi connectivity index (χ4v) is 3.19. The number of tetrazole rings is 1. The van der Waals surface area contributed by atoms with Crippen molar-refractivity contribution in [3.8, 4) is 10.9 Å². The van der Waals surface area contributed by atoms with Gasteiger partial charge in [0, 0.05) is 6.54 Å². The van der Waals surface area contributed by atoms with Crippen molar-refractivity contribution >= 4 is 28.1 Å². The molecule has 10 nitrogen and oxygen atoms in total. The first-order chi connectivity index (χ1) is 13.7. The highest BCUT2D eigenvalue weighted by molar-refractivity contribution is 7.12. The zero-order valence-corrected chi connectivity index (χ0v) is 15.4. The highest BCUT2D eigenvalue weighted by Gasteiger charge is 2.11. The summed E-state index contributed by atoms with van der Waals surface area (Å²) in [5.74, 6) is 0.0113. The Labute approximate surface area is 162 Å². The second-order valence-electron chi connectivity index (χ2n) is 5.68. The molecule has 0 atom stereocenters. The molecule has 0 saturated heterocycles. The van der Waals surface area contributed by atoms with E-state index in [-0.39, 0.29) is 31.3 Å². The SMILES string of the molecule is O=C(COc1ncnc2ccccc12)NCCn1nnn(-c2cccs2)c1=O. The smallest absolute Gasteiger partial charge is 0.369 e. The van der Waals surface area contributed by atoms with Gasteiger partial charge in [-0.3, -0.25) is 4.79 Å². The second kappa shape index (κ2) is 7.96. The molecule has 28 heavy (non-hydrogen) atoms. The number of aromatic nitrogens is 6. The van der Waals surface area contributed by atoms with E-state index in [1.807, 2.05) is 35.7 Å². The maximum atomic E-state index is 12.2. The summed E-state index contributed by atoms with van der Waals surface area (Å²) in [4.78, 5) is 32.5. The first kappa shape index (κ1) is 17.8. The summed E-state index contributed by atoms with van der Waals surface area (Å²) in [6.07, 6.45) is 1.39. The molecule has 1 amide bonds. The zero-order valence-electron chi connectivity index (χ0n) is 14.6. The number of hydrogen-bond donors (Lipinski definition) is 1. The lowest BCUT2D eigenvalue weighted by Crippen LogP contribution is -2.34. The molecule has 1 N–H and O–H groups in total. The molecule has 0 aliphatic rings. The summed E-state index contributed by atoms with van der Waals surface area (Å²) in [7, 11) is 0. The largest absolute Gasteiger partial charge is 0.467 e. The Balaban J connectivity index is 1.30. The third kappa shape index (κ3) is 3.74. The predicted octanol–water partition coefficient (Wildman–Crippen LogP) is 0.629. The molecule has 0 spiro atoms. The topological polar surface area (TPSA) is 117 Å². The molecule has 4 rings (SSSR count). The molecular weight excluding hydrogens is 382 g/mol. The van der Waals surface area contributed by atoms with E-state index in [2.05, 4.69) is 25.7 Å². The van der Waals surface area contributed by atoms with Gasteiger partial charge in [0.2, 0.25) is 5.88 Å². The number of carbonyl (C=O) groups is 1. The van der Waals surface area contributed by atoms with Crippen molar-refractivity contribution in [3.63, 3.8) is 0 Å². The molecule has 0 aliphatic carbocycles. The average molecular weight is 397 g/mol. The van der Waals surface area contributed by atoms with Crippen molar-refractivity contribution in [2.24, 2.45) is 0 Å². The van der Waals surface area contributed by atoms with Crippen LogP contribution in [0.1, 0.15) is 0 Å². The average Bonchev–Trinajstić information content (AvgIpc) is 3.36. The van der Waals surface area contributed by atoms with Crippen molar-refractivity contribution in [1.82, 2.24) is 35.1 Å². The Kier molecular flexibility index (Phi) is 5.06. The minimum absolute atomic E-state index is 0.197. The second-order valence-corrected chi connectivity index (χ2v) is 6.61. The number of para-hydroxylation sites is 1. The maximum Gasteiger partial charge on any atom is 0.369 e. The number of rotatable bonds is 7. The van der Waals surface area contributed by atoms with Crippen LogP contribution in [0.3, 0.4) is 0 Å². The van der Waals surface area contributed by atoms with Gasteiger partial charge in [0.15, 0.2) is 6.61 Å². The van der Waals surface area contributed by atoms with Crippen LogP contribution < -0.4 is 15.7 Å². The number of ether oxygens (including phenoxy) is 1. The van der Waals surface area contributed by atoms with Gasteiger partial charge in [0.05, 0.1) is 17.4 Å². The third-order valence-corrected chi connectivity index (χ3v) is 4.69. The summed E-state index contributed by atoms with van der Waals surface area (Å²) < 4.78 is 7.91. The molecule has 0 radical (unpaired) electrons. The van der Waals surface area contributed by atoms with E-state index in [1.165, 1.54) is 27.0 Å². The maximum absolute atomic E-state index is 12.2. The van der Waals surface area contributed by atoms with Crippen LogP contribution in [0.2, 0.25) is 0 Å². The number of amides is 1. The summed E-state index contributed by atoms with van der Waals surface area (Å²) in [5, 5.41) is 13.6. The van der Waals surface area contributed by atoms with E-state index in [0.29, 0.717) is 10.9 Å². The van der Waals surface area contributed by atoms with E-state index in [0.717, 1.165) is 10.9 Å². The van der Waals surface area contributed by atoms with E-state index >= 15 is 0 Å². The molecule has 0 unspecified atom stereocenters. The molecule has 1 aromatic carbocycles. The number of carbonyl (C=O) groups excluding carboxylic acids is 1. The van der Waals surface area contributed by atoms with E-state index < -0.39 is 0 Å². The van der Waals surface area contributed by atoms with Crippen LogP contribution in [-0.2, 0) is 11.3 Å². The summed E-state index contributed by atoms with van der Waals surface area (Å²) in [6, 6.07) is 11.0. The van der Waals surface area contributed by atoms with Gasteiger partial charge in [-0.25, -0.2) is 14.8 Å². The monoisotopic (exact) mass is 397 g/mol. The van der Waals surface area contributed by atoms with Crippen molar-refractivity contribution in [2.45, 2.75) is 6.54 Å². The molecule has 3 heterocycles. The van der Waals surface area contributed by atoms with E-state index in [1.54, 1.807) is 6.07 Å². The van der Waals surface area contributed by atoms with Gasteiger partial charge < -0.3 is 10.1 Å². The molecule has 0 aliphatic heterocycles. The molecule has 0 bridgehead atoms. The lowest BCUT2D eigenvalue weighted by Gasteiger charge is -2.08. The van der Waals surface area contributed by atoms with Gasteiger partial charge >= 0.3 is 5.69 Å². The normalized spacial score (nSPS) is 10.9. The van der Waals surface area contributed by atoms with Crippen LogP contribution in [0.4, 0.5) is 0 Å². The Morgan fingerprint density at radius 2 is 2.04 bits per heavy atom. The van der Waals surface area contributed by atoms with Crippen LogP contribution in [0.25, 0.3) is 15.9 Å². The molecule has 0 saturated carbocycles. The Morgan fingerprint density at radius 1 is 1.14 bits per heavy atom. The van der Waals surface area contributed by atoms with E-state index in [9.17, 15) is 9.59 Å². The number of nitrogens with zero attached hydrogens (tertiary/aromatic N) is 6. The summed E-state index contributed by atoms with van der Waals surface area (Å²) >= 11 is 1.39. The quantitative estimate of drug-likeness (QED) is 0.486. The van der Waals surface area contributed by atoms with Crippen LogP contribution >= 0.6 is 11.3 Å². The predicted molar refractivity (Wildman–Crippen MR) is 102 cm³/mol. The van der Waals surface area contributed by atoms with Gasteiger partial charge in [-0.15, -0.1) is 11.3 Å². The lowest BCUT2D eigenvalue weighted by atomic mass is 10.2. The number of fused-ring (bicyclic) bond motifs is 1. The third-order valence-electron chi connectivity index (χ3n) is 3.85. The fraction of sp³-hybridized carbons (Fsp3) is 0.176. The lowest BCUT2D eigenvalue weighted by molar-refractivity contribution is -0.123. The van der Waals surface area contributed by atoms with E-state index in [4.69, 9.17) is 4.74 Å². The van der Waals surface area contributed by atoms with Crippen LogP contribution in [0, 0.1) is 0 Å². The van der Waals surface area contributed by atoms with Crippen LogP contribution in [-0.4, -0.2) is 48.8 Å². The first-order valence-electron chi connectivity index (χ1n) is 8.38. The molecule has 4 aromatic rings. The molecule has 142 valence electrons. The van der Waals surface area contributed by atoms with Crippen LogP contribution in [0.5, 0.6) is 5.88 Å². The number of benzene rings is 1. The van der Waals surface area contributed by atoms with Crippen molar-refractivity contribution in [1.29, 1.82) is 0 Å². The standard InChI is InChI=1S/C17H15N7O3S/c25-14(10-27-16-12-4-1-2-5-13(12)19-11-20-16)18-7-8-23-17(26)24(22-21-23)15-6-3-9-28-15/h1-6,9,11H,7-8,10H2,(H,18,25). The molecule has 11 heteroatoms. The van der Waals surface area contributed by atoms with Gasteiger partial charge in [-0.05, 0) is 40.1 Å². The summed E-state index contributed by atoms with van der Waals surface area (Å²) in [5.41, 5.74) is 0.376. The van der Waals surface area contributed by atoms with Gasteiger partial charge in [-0.2, -0.15) is 9.36 Å². The molecular formula is C17H15N7O3S. The number of nitrogens with one attached hydrogen (secondary N) is 1. The van der Waals surface area contributed by atoms with Gasteiger partial charge in [-0.1, -0.05) is 12.1 Å². The minimum Gasteiger partial charge on any atom is -0.467 e. The van der Waals surface area contributed by atoms with Gasteiger partial charge in [0.25, 0.3) is 5.91 Å². The highest BCUT2D eigenvalue weighted by Crippen LogP contribution is 2.20. The zero-order chi connectivity index (χ0) is 19.3. The fourth-order valence-electron chi connectivity index (χ4n) is 2.52. The first-order valence-corrected chi connectivity index (χ1v) is 9.26. The van der Waals surface area contributed by atoms with Crippen molar-refractivity contribution in [2.75, 3.05) is 13.2 Å². The van der Waals surface area contributed by atoms with Crippen molar-refractivity contribution in [3.05, 3.63) is 58.6 Å². The Morgan fingerprint density at radius 3 is 2.89 bits per heavy atom.